The van der Waals surface area contributed by atoms with Crippen LogP contribution in [0.5, 0.6) is 0 Å². The summed E-state index contributed by atoms with van der Waals surface area (Å²) in [5, 5.41) is 0.422. The zero-order valence-corrected chi connectivity index (χ0v) is 11.8. The highest BCUT2D eigenvalue weighted by molar-refractivity contribution is 6.33. The third kappa shape index (κ3) is 3.39. The van der Waals surface area contributed by atoms with Crippen LogP contribution in [0.1, 0.15) is 23.7 Å². The van der Waals surface area contributed by atoms with E-state index < -0.39 is 0 Å². The third-order valence-electron chi connectivity index (χ3n) is 3.42. The fraction of sp³-hybridized carbons (Fsp3) is 0.500. The molecule has 2 rings (SSSR count). The number of halogens is 1. The molecule has 2 N–H and O–H groups in total. The molecule has 0 saturated carbocycles. The summed E-state index contributed by atoms with van der Waals surface area (Å²) < 4.78 is 5.35. The second-order valence-corrected chi connectivity index (χ2v) is 5.22. The molecule has 0 spiro atoms. The smallest absolute Gasteiger partial charge is 0.253 e. The Bertz CT molecular complexity index is 459. The molecule has 104 valence electrons. The van der Waals surface area contributed by atoms with Crippen molar-refractivity contribution in [3.8, 4) is 0 Å². The molecule has 4 nitrogen and oxygen atoms in total. The van der Waals surface area contributed by atoms with Gasteiger partial charge in [-0.2, -0.15) is 0 Å². The number of hydrogen-bond acceptors (Lipinski definition) is 3. The van der Waals surface area contributed by atoms with E-state index in [1.165, 1.54) is 0 Å². The highest BCUT2D eigenvalue weighted by Gasteiger charge is 2.22. The SMILES string of the molecule is CCN(CC1CCOC1)C(=O)c1ccc(N)c(Cl)c1. The molecule has 0 aliphatic carbocycles. The van der Waals surface area contributed by atoms with E-state index in [0.29, 0.717) is 28.7 Å². The van der Waals surface area contributed by atoms with Crippen LogP contribution in [-0.2, 0) is 4.74 Å². The summed E-state index contributed by atoms with van der Waals surface area (Å²) in [4.78, 5) is 14.2. The predicted molar refractivity (Wildman–Crippen MR) is 76.4 cm³/mol. The highest BCUT2D eigenvalue weighted by atomic mass is 35.5. The zero-order chi connectivity index (χ0) is 13.8. The van der Waals surface area contributed by atoms with Gasteiger partial charge in [0.2, 0.25) is 0 Å². The van der Waals surface area contributed by atoms with Crippen molar-refractivity contribution in [1.82, 2.24) is 4.90 Å². The summed E-state index contributed by atoms with van der Waals surface area (Å²) in [6.45, 7) is 4.93. The van der Waals surface area contributed by atoms with Crippen LogP contribution in [-0.4, -0.2) is 37.1 Å². The molecule has 0 bridgehead atoms. The molecule has 0 aromatic heterocycles. The van der Waals surface area contributed by atoms with Gasteiger partial charge in [-0.05, 0) is 31.5 Å². The molecule has 1 amide bonds. The summed E-state index contributed by atoms with van der Waals surface area (Å²) in [6, 6.07) is 5.02. The number of ether oxygens (including phenoxy) is 1. The van der Waals surface area contributed by atoms with Gasteiger partial charge in [0.25, 0.3) is 5.91 Å². The Morgan fingerprint density at radius 1 is 1.58 bits per heavy atom. The van der Waals surface area contributed by atoms with Crippen molar-refractivity contribution in [2.75, 3.05) is 32.0 Å². The lowest BCUT2D eigenvalue weighted by molar-refractivity contribution is 0.0731. The number of hydrogen-bond donors (Lipinski definition) is 1. The van der Waals surface area contributed by atoms with Crippen LogP contribution in [0.4, 0.5) is 5.69 Å². The van der Waals surface area contributed by atoms with Crippen molar-refractivity contribution < 1.29 is 9.53 Å². The van der Waals surface area contributed by atoms with E-state index in [4.69, 9.17) is 22.1 Å². The highest BCUT2D eigenvalue weighted by Crippen LogP contribution is 2.21. The summed E-state index contributed by atoms with van der Waals surface area (Å²) in [7, 11) is 0. The van der Waals surface area contributed by atoms with Crippen LogP contribution in [0.15, 0.2) is 18.2 Å². The van der Waals surface area contributed by atoms with Gasteiger partial charge in [0, 0.05) is 31.2 Å². The molecule has 5 heteroatoms. The van der Waals surface area contributed by atoms with Crippen molar-refractivity contribution in [2.45, 2.75) is 13.3 Å². The van der Waals surface area contributed by atoms with Gasteiger partial charge in [-0.1, -0.05) is 11.6 Å². The first-order valence-electron chi connectivity index (χ1n) is 6.54. The average Bonchev–Trinajstić information content (AvgIpc) is 2.91. The number of carbonyl (C=O) groups is 1. The summed E-state index contributed by atoms with van der Waals surface area (Å²) in [5.74, 6) is 0.435. The Hall–Kier alpha value is -1.26. The Morgan fingerprint density at radius 3 is 2.95 bits per heavy atom. The van der Waals surface area contributed by atoms with Crippen molar-refractivity contribution >= 4 is 23.2 Å². The molecule has 0 radical (unpaired) electrons. The van der Waals surface area contributed by atoms with Crippen molar-refractivity contribution in [1.29, 1.82) is 0 Å². The molecule has 1 fully saturated rings. The lowest BCUT2D eigenvalue weighted by atomic mass is 10.1. The molecule has 19 heavy (non-hydrogen) atoms. The quantitative estimate of drug-likeness (QED) is 0.863. The minimum Gasteiger partial charge on any atom is -0.398 e. The van der Waals surface area contributed by atoms with Crippen molar-refractivity contribution in [2.24, 2.45) is 5.92 Å². The van der Waals surface area contributed by atoms with E-state index in [1.54, 1.807) is 18.2 Å². The molecule has 1 unspecified atom stereocenters. The summed E-state index contributed by atoms with van der Waals surface area (Å²) >= 11 is 5.96. The van der Waals surface area contributed by atoms with E-state index >= 15 is 0 Å². The van der Waals surface area contributed by atoms with Crippen LogP contribution in [0.2, 0.25) is 5.02 Å². The second kappa shape index (κ2) is 6.26. The van der Waals surface area contributed by atoms with Crippen LogP contribution >= 0.6 is 11.6 Å². The number of nitrogen functional groups attached to an aromatic ring is 1. The topological polar surface area (TPSA) is 55.6 Å². The molecule has 1 saturated heterocycles. The molecular formula is C14H19ClN2O2. The Balaban J connectivity index is 2.08. The van der Waals surface area contributed by atoms with Gasteiger partial charge in [-0.25, -0.2) is 0 Å². The fourth-order valence-electron chi connectivity index (χ4n) is 2.24. The number of nitrogens with two attached hydrogens (primary N) is 1. The summed E-state index contributed by atoms with van der Waals surface area (Å²) in [6.07, 6.45) is 1.02. The number of carbonyl (C=O) groups excluding carboxylic acids is 1. The Kier molecular flexibility index (Phi) is 4.66. The fourth-order valence-corrected chi connectivity index (χ4v) is 2.42. The Labute approximate surface area is 118 Å². The number of anilines is 1. The Morgan fingerprint density at radius 2 is 2.37 bits per heavy atom. The molecule has 1 heterocycles. The van der Waals surface area contributed by atoms with E-state index in [-0.39, 0.29) is 5.91 Å². The van der Waals surface area contributed by atoms with Crippen LogP contribution in [0, 0.1) is 5.92 Å². The van der Waals surface area contributed by atoms with Gasteiger partial charge in [0.15, 0.2) is 0 Å². The first-order valence-corrected chi connectivity index (χ1v) is 6.91. The van der Waals surface area contributed by atoms with Gasteiger partial charge in [-0.3, -0.25) is 4.79 Å². The van der Waals surface area contributed by atoms with E-state index in [2.05, 4.69) is 0 Å². The average molecular weight is 283 g/mol. The number of nitrogens with zero attached hydrogens (tertiary/aromatic N) is 1. The first-order chi connectivity index (χ1) is 9.11. The van der Waals surface area contributed by atoms with Gasteiger partial charge in [0.1, 0.15) is 0 Å². The first kappa shape index (κ1) is 14.2. The minimum absolute atomic E-state index is 0.00343. The normalized spacial score (nSPS) is 18.5. The molecule has 1 aliphatic rings. The van der Waals surface area contributed by atoms with Gasteiger partial charge in [-0.15, -0.1) is 0 Å². The summed E-state index contributed by atoms with van der Waals surface area (Å²) in [5.41, 5.74) is 6.73. The lowest BCUT2D eigenvalue weighted by Crippen LogP contribution is -2.35. The maximum absolute atomic E-state index is 12.4. The number of amides is 1. The molecule has 1 atom stereocenters. The van der Waals surface area contributed by atoms with E-state index in [0.717, 1.165) is 26.2 Å². The van der Waals surface area contributed by atoms with E-state index in [9.17, 15) is 4.79 Å². The van der Waals surface area contributed by atoms with Crippen molar-refractivity contribution in [3.05, 3.63) is 28.8 Å². The maximum Gasteiger partial charge on any atom is 0.253 e. The second-order valence-electron chi connectivity index (χ2n) is 4.81. The number of benzene rings is 1. The van der Waals surface area contributed by atoms with Crippen molar-refractivity contribution in [3.63, 3.8) is 0 Å². The molecule has 1 aromatic carbocycles. The van der Waals surface area contributed by atoms with Crippen LogP contribution in [0.3, 0.4) is 0 Å². The maximum atomic E-state index is 12.4. The van der Waals surface area contributed by atoms with E-state index in [1.807, 2.05) is 11.8 Å². The standard InChI is InChI=1S/C14H19ClN2O2/c1-2-17(8-10-5-6-19-9-10)14(18)11-3-4-13(16)12(15)7-11/h3-4,7,10H,2,5-6,8-9,16H2,1H3. The largest absolute Gasteiger partial charge is 0.398 e. The zero-order valence-electron chi connectivity index (χ0n) is 11.1. The van der Waals surface area contributed by atoms with Crippen LogP contribution in [0.25, 0.3) is 0 Å². The molecular weight excluding hydrogens is 264 g/mol. The van der Waals surface area contributed by atoms with Gasteiger partial charge < -0.3 is 15.4 Å². The van der Waals surface area contributed by atoms with Gasteiger partial charge >= 0.3 is 0 Å². The third-order valence-corrected chi connectivity index (χ3v) is 3.75. The molecule has 1 aromatic rings. The predicted octanol–water partition coefficient (Wildman–Crippen LogP) is 2.42. The van der Waals surface area contributed by atoms with Gasteiger partial charge in [0.05, 0.1) is 17.3 Å². The van der Waals surface area contributed by atoms with Crippen LogP contribution < -0.4 is 5.73 Å². The minimum atomic E-state index is -0.00343. The lowest BCUT2D eigenvalue weighted by Gasteiger charge is -2.24. The monoisotopic (exact) mass is 282 g/mol. The number of rotatable bonds is 4. The molecule has 1 aliphatic heterocycles.